The topological polar surface area (TPSA) is 119 Å². The van der Waals surface area contributed by atoms with Crippen LogP contribution in [0.3, 0.4) is 0 Å². The Labute approximate surface area is 221 Å². The Hall–Kier alpha value is -4.14. The van der Waals surface area contributed by atoms with E-state index in [1.165, 1.54) is 53.1 Å². The highest BCUT2D eigenvalue weighted by molar-refractivity contribution is 7.89. The van der Waals surface area contributed by atoms with Crippen LogP contribution in [0.25, 0.3) is 16.9 Å². The van der Waals surface area contributed by atoms with Gasteiger partial charge in [-0.05, 0) is 48.5 Å². The van der Waals surface area contributed by atoms with E-state index < -0.39 is 27.8 Å². The van der Waals surface area contributed by atoms with Gasteiger partial charge in [-0.1, -0.05) is 6.07 Å². The van der Waals surface area contributed by atoms with E-state index in [2.05, 4.69) is 20.4 Å². The number of aromatic nitrogens is 4. The van der Waals surface area contributed by atoms with Crippen molar-refractivity contribution in [2.75, 3.05) is 31.6 Å². The number of amides is 1. The Morgan fingerprint density at radius 2 is 1.79 bits per heavy atom. The second-order valence-electron chi connectivity index (χ2n) is 8.47. The molecule has 1 N–H and O–H groups in total. The molecule has 0 spiro atoms. The Bertz CT molecular complexity index is 1590. The highest BCUT2D eigenvalue weighted by Crippen LogP contribution is 2.34. The molecule has 0 radical (unpaired) electrons. The monoisotopic (exact) mass is 558 g/mol. The highest BCUT2D eigenvalue weighted by Gasteiger charge is 2.36. The third-order valence-corrected chi connectivity index (χ3v) is 7.79. The van der Waals surface area contributed by atoms with Gasteiger partial charge in [0.25, 0.3) is 5.91 Å². The number of carbonyl (C=O) groups excluding carboxylic acids is 1. The SMILES string of the molecule is O=C(Nc1ccc(-n2nc(-c3cccnc3)cc2C(F)(F)F)cn1)c1cccc(S(=O)(=O)N2CCOCC2)c1. The number of benzene rings is 1. The number of nitrogens with zero attached hydrogens (tertiary/aromatic N) is 5. The van der Waals surface area contributed by atoms with Crippen LogP contribution in [0.15, 0.2) is 78.1 Å². The molecule has 10 nitrogen and oxygen atoms in total. The minimum absolute atomic E-state index is 0.0223. The predicted octanol–water partition coefficient (Wildman–Crippen LogP) is 3.62. The molecule has 5 rings (SSSR count). The molecule has 14 heteroatoms. The number of ether oxygens (including phenoxy) is 1. The van der Waals surface area contributed by atoms with Gasteiger partial charge >= 0.3 is 6.18 Å². The maximum absolute atomic E-state index is 13.7. The maximum atomic E-state index is 13.7. The molecule has 1 aromatic carbocycles. The van der Waals surface area contributed by atoms with Crippen molar-refractivity contribution in [3.63, 3.8) is 0 Å². The first-order valence-corrected chi connectivity index (χ1v) is 13.1. The zero-order chi connectivity index (χ0) is 27.6. The van der Waals surface area contributed by atoms with Crippen LogP contribution in [0, 0.1) is 0 Å². The Morgan fingerprint density at radius 1 is 1.00 bits per heavy atom. The van der Waals surface area contributed by atoms with Gasteiger partial charge < -0.3 is 10.1 Å². The van der Waals surface area contributed by atoms with Gasteiger partial charge in [0.2, 0.25) is 10.0 Å². The first-order chi connectivity index (χ1) is 18.6. The molecule has 4 heterocycles. The molecular weight excluding hydrogens is 537 g/mol. The fourth-order valence-corrected chi connectivity index (χ4v) is 5.40. The number of hydrogen-bond acceptors (Lipinski definition) is 7. The number of anilines is 1. The zero-order valence-corrected chi connectivity index (χ0v) is 21.0. The molecule has 39 heavy (non-hydrogen) atoms. The van der Waals surface area contributed by atoms with Crippen LogP contribution in [-0.2, 0) is 20.9 Å². The number of alkyl halides is 3. The molecule has 0 unspecified atom stereocenters. The molecule has 1 fully saturated rings. The van der Waals surface area contributed by atoms with Crippen molar-refractivity contribution in [1.29, 1.82) is 0 Å². The maximum Gasteiger partial charge on any atom is 0.433 e. The minimum atomic E-state index is -4.69. The second kappa shape index (κ2) is 10.6. The first kappa shape index (κ1) is 26.5. The van der Waals surface area contributed by atoms with Crippen LogP contribution >= 0.6 is 0 Å². The normalized spacial score (nSPS) is 14.7. The summed E-state index contributed by atoms with van der Waals surface area (Å²) in [5.74, 6) is -0.582. The molecule has 3 aromatic heterocycles. The molecule has 1 aliphatic rings. The van der Waals surface area contributed by atoms with Gasteiger partial charge in [-0.2, -0.15) is 22.6 Å². The molecule has 1 saturated heterocycles. The number of sulfonamides is 1. The summed E-state index contributed by atoms with van der Waals surface area (Å²) in [6.07, 6.45) is -0.636. The van der Waals surface area contributed by atoms with Crippen molar-refractivity contribution < 1.29 is 31.1 Å². The average Bonchev–Trinajstić information content (AvgIpc) is 3.41. The largest absolute Gasteiger partial charge is 0.433 e. The van der Waals surface area contributed by atoms with E-state index in [0.29, 0.717) is 5.56 Å². The van der Waals surface area contributed by atoms with Gasteiger partial charge in [-0.25, -0.2) is 18.1 Å². The summed E-state index contributed by atoms with van der Waals surface area (Å²) in [5, 5.41) is 6.62. The van der Waals surface area contributed by atoms with Gasteiger partial charge in [0.15, 0.2) is 0 Å². The lowest BCUT2D eigenvalue weighted by Gasteiger charge is -2.26. The lowest BCUT2D eigenvalue weighted by Crippen LogP contribution is -2.40. The molecule has 0 saturated carbocycles. The Morgan fingerprint density at radius 3 is 2.46 bits per heavy atom. The van der Waals surface area contributed by atoms with Crippen LogP contribution in [0.4, 0.5) is 19.0 Å². The first-order valence-electron chi connectivity index (χ1n) is 11.7. The van der Waals surface area contributed by atoms with E-state index in [4.69, 9.17) is 4.74 Å². The van der Waals surface area contributed by atoms with Crippen LogP contribution in [0.1, 0.15) is 16.1 Å². The second-order valence-corrected chi connectivity index (χ2v) is 10.4. The molecule has 0 aliphatic carbocycles. The summed E-state index contributed by atoms with van der Waals surface area (Å²) in [6.45, 7) is 1.000. The van der Waals surface area contributed by atoms with Gasteiger partial charge in [0, 0.05) is 36.6 Å². The lowest BCUT2D eigenvalue weighted by molar-refractivity contribution is -0.142. The highest BCUT2D eigenvalue weighted by atomic mass is 32.2. The van der Waals surface area contributed by atoms with Crippen LogP contribution in [-0.4, -0.2) is 64.7 Å². The van der Waals surface area contributed by atoms with Crippen molar-refractivity contribution in [1.82, 2.24) is 24.1 Å². The molecule has 0 atom stereocenters. The quantitative estimate of drug-likeness (QED) is 0.384. The van der Waals surface area contributed by atoms with E-state index >= 15 is 0 Å². The summed E-state index contributed by atoms with van der Waals surface area (Å²) in [6, 6.07) is 12.3. The standard InChI is InChI=1S/C25H21F3N6O4S/c26-25(27,28)22-14-21(18-4-2-8-29-15-18)32-34(22)19-6-7-23(30-16-19)31-24(35)17-3-1-5-20(13-17)39(36,37)33-9-11-38-12-10-33/h1-8,13-16H,9-12H2,(H,30,31,35). The number of rotatable bonds is 6. The number of nitrogens with one attached hydrogen (secondary N) is 1. The molecule has 202 valence electrons. The van der Waals surface area contributed by atoms with Crippen LogP contribution < -0.4 is 5.32 Å². The summed E-state index contributed by atoms with van der Waals surface area (Å²) in [5.41, 5.74) is -0.411. The summed E-state index contributed by atoms with van der Waals surface area (Å²) >= 11 is 0. The number of morpholine rings is 1. The number of halogens is 3. The van der Waals surface area contributed by atoms with E-state index in [0.717, 1.165) is 16.9 Å². The van der Waals surface area contributed by atoms with E-state index in [1.807, 2.05) is 0 Å². The molecular formula is C25H21F3N6O4S. The van der Waals surface area contributed by atoms with Gasteiger partial charge in [0.05, 0.1) is 35.7 Å². The Kier molecular flexibility index (Phi) is 7.16. The molecule has 4 aromatic rings. The summed E-state index contributed by atoms with van der Waals surface area (Å²) in [4.78, 5) is 20.8. The lowest BCUT2D eigenvalue weighted by atomic mass is 10.2. The van der Waals surface area contributed by atoms with Gasteiger partial charge in [-0.15, -0.1) is 0 Å². The van der Waals surface area contributed by atoms with E-state index in [1.54, 1.807) is 12.1 Å². The third-order valence-electron chi connectivity index (χ3n) is 5.90. The fourth-order valence-electron chi connectivity index (χ4n) is 3.94. The van der Waals surface area contributed by atoms with Crippen molar-refractivity contribution in [3.05, 3.63) is 84.4 Å². The predicted molar refractivity (Wildman–Crippen MR) is 134 cm³/mol. The molecule has 0 bridgehead atoms. The third kappa shape index (κ3) is 5.67. The van der Waals surface area contributed by atoms with Crippen molar-refractivity contribution in [2.24, 2.45) is 0 Å². The van der Waals surface area contributed by atoms with E-state index in [9.17, 15) is 26.4 Å². The van der Waals surface area contributed by atoms with Crippen LogP contribution in [0.2, 0.25) is 0 Å². The molecule has 1 amide bonds. The summed E-state index contributed by atoms with van der Waals surface area (Å²) < 4.78 is 74.2. The number of hydrogen-bond donors (Lipinski definition) is 1. The average molecular weight is 559 g/mol. The van der Waals surface area contributed by atoms with Crippen molar-refractivity contribution in [2.45, 2.75) is 11.1 Å². The Balaban J connectivity index is 1.36. The van der Waals surface area contributed by atoms with Gasteiger partial charge in [0.1, 0.15) is 11.5 Å². The smallest absolute Gasteiger partial charge is 0.379 e. The van der Waals surface area contributed by atoms with Crippen molar-refractivity contribution >= 4 is 21.7 Å². The van der Waals surface area contributed by atoms with Crippen LogP contribution in [0.5, 0.6) is 0 Å². The van der Waals surface area contributed by atoms with E-state index in [-0.39, 0.29) is 54.0 Å². The fraction of sp³-hybridized carbons (Fsp3) is 0.200. The molecule has 1 aliphatic heterocycles. The van der Waals surface area contributed by atoms with Crippen molar-refractivity contribution in [3.8, 4) is 16.9 Å². The zero-order valence-electron chi connectivity index (χ0n) is 20.2. The number of carbonyl (C=O) groups is 1. The summed E-state index contributed by atoms with van der Waals surface area (Å²) in [7, 11) is -3.81. The minimum Gasteiger partial charge on any atom is -0.379 e. The number of pyridine rings is 2. The van der Waals surface area contributed by atoms with Gasteiger partial charge in [-0.3, -0.25) is 9.78 Å².